The second kappa shape index (κ2) is 8.51. The Morgan fingerprint density at radius 1 is 1.29 bits per heavy atom. The Bertz CT molecular complexity index is 978. The van der Waals surface area contributed by atoms with Gasteiger partial charge in [0.15, 0.2) is 0 Å². The van der Waals surface area contributed by atoms with E-state index in [0.717, 1.165) is 24.2 Å². The molecule has 3 rings (SSSR count). The van der Waals surface area contributed by atoms with Crippen LogP contribution >= 0.6 is 11.6 Å². The summed E-state index contributed by atoms with van der Waals surface area (Å²) in [6, 6.07) is 12.0. The highest BCUT2D eigenvalue weighted by Crippen LogP contribution is 2.28. The van der Waals surface area contributed by atoms with Gasteiger partial charge in [-0.2, -0.15) is 0 Å². The number of carbonyl (C=O) groups excluding carboxylic acids is 1. The van der Waals surface area contributed by atoms with Gasteiger partial charge in [-0.25, -0.2) is 13.1 Å². The monoisotopic (exact) mass is 422 g/mol. The lowest BCUT2D eigenvalue weighted by atomic mass is 10.0. The number of ether oxygens (including phenoxy) is 1. The molecule has 150 valence electrons. The van der Waals surface area contributed by atoms with Gasteiger partial charge >= 0.3 is 0 Å². The molecule has 0 spiro atoms. The fourth-order valence-corrected chi connectivity index (χ4v) is 4.45. The smallest absolute Gasteiger partial charge is 0.255 e. The molecule has 6 nitrogen and oxygen atoms in total. The first-order valence-electron chi connectivity index (χ1n) is 9.02. The van der Waals surface area contributed by atoms with Crippen molar-refractivity contribution < 1.29 is 17.9 Å². The molecule has 1 saturated heterocycles. The average molecular weight is 423 g/mol. The molecule has 0 bridgehead atoms. The van der Waals surface area contributed by atoms with Crippen LogP contribution in [0, 0.1) is 0 Å². The molecule has 0 saturated carbocycles. The number of nitrogens with zero attached hydrogens (tertiary/aromatic N) is 1. The van der Waals surface area contributed by atoms with Gasteiger partial charge in [0.1, 0.15) is 5.75 Å². The second-order valence-corrected chi connectivity index (χ2v) is 8.99. The molecule has 1 N–H and O–H groups in total. The quantitative estimate of drug-likeness (QED) is 0.776. The van der Waals surface area contributed by atoms with E-state index in [9.17, 15) is 13.2 Å². The van der Waals surface area contributed by atoms with Gasteiger partial charge in [0.2, 0.25) is 10.0 Å². The number of benzene rings is 2. The molecule has 0 radical (unpaired) electrons. The summed E-state index contributed by atoms with van der Waals surface area (Å²) in [4.78, 5) is 15.0. The minimum Gasteiger partial charge on any atom is -0.497 e. The van der Waals surface area contributed by atoms with Crippen molar-refractivity contribution in [3.8, 4) is 5.75 Å². The fraction of sp³-hybridized carbons (Fsp3) is 0.350. The zero-order valence-corrected chi connectivity index (χ0v) is 17.4. The van der Waals surface area contributed by atoms with Gasteiger partial charge in [-0.1, -0.05) is 23.7 Å². The number of amides is 1. The second-order valence-electron chi connectivity index (χ2n) is 6.70. The van der Waals surface area contributed by atoms with Crippen LogP contribution in [-0.2, 0) is 16.4 Å². The Morgan fingerprint density at radius 2 is 2.07 bits per heavy atom. The lowest BCUT2D eigenvalue weighted by Crippen LogP contribution is -2.37. The van der Waals surface area contributed by atoms with E-state index in [1.165, 1.54) is 25.2 Å². The van der Waals surface area contributed by atoms with Crippen LogP contribution in [0.25, 0.3) is 0 Å². The van der Waals surface area contributed by atoms with Crippen LogP contribution in [0.3, 0.4) is 0 Å². The largest absolute Gasteiger partial charge is 0.497 e. The van der Waals surface area contributed by atoms with Gasteiger partial charge in [-0.15, -0.1) is 0 Å². The molecular weight excluding hydrogens is 400 g/mol. The maximum atomic E-state index is 13.2. The fourth-order valence-electron chi connectivity index (χ4n) is 3.49. The van der Waals surface area contributed by atoms with Crippen molar-refractivity contribution in [3.63, 3.8) is 0 Å². The maximum Gasteiger partial charge on any atom is 0.255 e. The number of sulfonamides is 1. The van der Waals surface area contributed by atoms with Crippen LogP contribution in [0.1, 0.15) is 28.8 Å². The Labute approximate surface area is 170 Å². The van der Waals surface area contributed by atoms with E-state index in [-0.39, 0.29) is 27.4 Å². The van der Waals surface area contributed by atoms with Gasteiger partial charge < -0.3 is 9.64 Å². The van der Waals surface area contributed by atoms with Crippen LogP contribution in [-0.4, -0.2) is 46.0 Å². The van der Waals surface area contributed by atoms with Gasteiger partial charge in [-0.3, -0.25) is 4.79 Å². The number of methoxy groups -OCH3 is 1. The molecule has 1 atom stereocenters. The van der Waals surface area contributed by atoms with Gasteiger partial charge in [0, 0.05) is 12.6 Å². The number of hydrogen-bond acceptors (Lipinski definition) is 4. The average Bonchev–Trinajstić information content (AvgIpc) is 3.15. The van der Waals surface area contributed by atoms with Crippen molar-refractivity contribution in [3.05, 3.63) is 58.6 Å². The van der Waals surface area contributed by atoms with Crippen LogP contribution < -0.4 is 9.46 Å². The third kappa shape index (κ3) is 4.32. The molecule has 8 heteroatoms. The number of halogens is 1. The summed E-state index contributed by atoms with van der Waals surface area (Å²) in [7, 11) is -0.704. The molecule has 2 aromatic carbocycles. The standard InChI is InChI=1S/C20H23ClN2O4S/c1-22-28(25,26)17-8-9-19(21)18(13-17)20(24)23-10-4-6-15(23)11-14-5-3-7-16(12-14)27-2/h3,5,7-9,12-13,15,22H,4,6,10-11H2,1-2H3. The van der Waals surface area contributed by atoms with Gasteiger partial charge in [0.05, 0.1) is 22.6 Å². The normalized spacial score (nSPS) is 17.0. The molecule has 1 fully saturated rings. The predicted octanol–water partition coefficient (Wildman–Crippen LogP) is 3.10. The molecule has 1 unspecified atom stereocenters. The maximum absolute atomic E-state index is 13.2. The zero-order chi connectivity index (χ0) is 20.3. The van der Waals surface area contributed by atoms with Crippen molar-refractivity contribution in [1.29, 1.82) is 0 Å². The summed E-state index contributed by atoms with van der Waals surface area (Å²) in [6.07, 6.45) is 2.48. The minimum atomic E-state index is -3.66. The van der Waals surface area contributed by atoms with Crippen LogP contribution in [0.2, 0.25) is 5.02 Å². The molecule has 1 amide bonds. The van der Waals surface area contributed by atoms with Crippen molar-refractivity contribution in [1.82, 2.24) is 9.62 Å². The Balaban J connectivity index is 1.86. The lowest BCUT2D eigenvalue weighted by Gasteiger charge is -2.25. The molecule has 1 aliphatic heterocycles. The number of rotatable bonds is 6. The molecule has 1 heterocycles. The van der Waals surface area contributed by atoms with E-state index in [1.54, 1.807) is 12.0 Å². The third-order valence-corrected chi connectivity index (χ3v) is 6.73. The Hall–Kier alpha value is -2.09. The molecule has 1 aliphatic rings. The van der Waals surface area contributed by atoms with E-state index < -0.39 is 10.0 Å². The summed E-state index contributed by atoms with van der Waals surface area (Å²) in [5.41, 5.74) is 1.29. The van der Waals surface area contributed by atoms with Crippen LogP contribution in [0.15, 0.2) is 47.4 Å². The van der Waals surface area contributed by atoms with Crippen molar-refractivity contribution in [2.75, 3.05) is 20.7 Å². The van der Waals surface area contributed by atoms with Crippen LogP contribution in [0.5, 0.6) is 5.75 Å². The molecule has 0 aromatic heterocycles. The highest BCUT2D eigenvalue weighted by Gasteiger charge is 2.31. The molecular formula is C20H23ClN2O4S. The number of carbonyl (C=O) groups is 1. The van der Waals surface area contributed by atoms with Crippen molar-refractivity contribution in [2.24, 2.45) is 0 Å². The first-order valence-corrected chi connectivity index (χ1v) is 10.9. The van der Waals surface area contributed by atoms with Gasteiger partial charge in [0.25, 0.3) is 5.91 Å². The topological polar surface area (TPSA) is 75.7 Å². The lowest BCUT2D eigenvalue weighted by molar-refractivity contribution is 0.0736. The Morgan fingerprint density at radius 3 is 2.79 bits per heavy atom. The number of likely N-dealkylation sites (tertiary alicyclic amines) is 1. The summed E-state index contributed by atoms with van der Waals surface area (Å²) in [5.74, 6) is 0.532. The predicted molar refractivity (Wildman–Crippen MR) is 108 cm³/mol. The third-order valence-electron chi connectivity index (χ3n) is 4.99. The first kappa shape index (κ1) is 20.6. The first-order chi connectivity index (χ1) is 13.4. The minimum absolute atomic E-state index is 0.0197. The number of nitrogens with one attached hydrogen (secondary N) is 1. The van der Waals surface area contributed by atoms with E-state index in [2.05, 4.69) is 4.72 Å². The van der Waals surface area contributed by atoms with Crippen molar-refractivity contribution >= 4 is 27.5 Å². The highest BCUT2D eigenvalue weighted by molar-refractivity contribution is 7.89. The zero-order valence-electron chi connectivity index (χ0n) is 15.8. The van der Waals surface area contributed by atoms with E-state index in [4.69, 9.17) is 16.3 Å². The van der Waals surface area contributed by atoms with E-state index >= 15 is 0 Å². The van der Waals surface area contributed by atoms with E-state index in [0.29, 0.717) is 13.0 Å². The highest BCUT2D eigenvalue weighted by atomic mass is 35.5. The summed E-state index contributed by atoms with van der Waals surface area (Å²) >= 11 is 6.23. The van der Waals surface area contributed by atoms with Crippen molar-refractivity contribution in [2.45, 2.75) is 30.2 Å². The molecule has 2 aromatic rings. The van der Waals surface area contributed by atoms with Crippen LogP contribution in [0.4, 0.5) is 0 Å². The SMILES string of the molecule is CNS(=O)(=O)c1ccc(Cl)c(C(=O)N2CCCC2Cc2cccc(OC)c2)c1. The van der Waals surface area contributed by atoms with E-state index in [1.807, 2.05) is 24.3 Å². The molecule has 0 aliphatic carbocycles. The number of hydrogen-bond donors (Lipinski definition) is 1. The van der Waals surface area contributed by atoms with Gasteiger partial charge in [-0.05, 0) is 62.2 Å². The molecule has 28 heavy (non-hydrogen) atoms. The summed E-state index contributed by atoms with van der Waals surface area (Å²) < 4.78 is 31.7. The summed E-state index contributed by atoms with van der Waals surface area (Å²) in [6.45, 7) is 0.618. The Kier molecular flexibility index (Phi) is 6.27. The summed E-state index contributed by atoms with van der Waals surface area (Å²) in [5, 5.41) is 0.243.